The van der Waals surface area contributed by atoms with E-state index in [1.54, 1.807) is 42.4 Å². The average molecular weight is 602 g/mol. The van der Waals surface area contributed by atoms with Crippen LogP contribution in [0.3, 0.4) is 0 Å². The maximum absolute atomic E-state index is 13.1. The van der Waals surface area contributed by atoms with Crippen LogP contribution in [0, 0.1) is 0 Å². The number of halogens is 2. The summed E-state index contributed by atoms with van der Waals surface area (Å²) in [4.78, 5) is 31.0. The summed E-state index contributed by atoms with van der Waals surface area (Å²) in [5.74, 6) is -0.208. The third-order valence-corrected chi connectivity index (χ3v) is 7.37. The van der Waals surface area contributed by atoms with E-state index in [0.29, 0.717) is 43.3 Å². The van der Waals surface area contributed by atoms with E-state index < -0.39 is 5.97 Å². The number of methoxy groups -OCH3 is 1. The molecule has 4 rings (SSSR count). The Balaban J connectivity index is 1.60. The number of likely N-dealkylation sites (N-methyl/N-ethyl adjacent to an activating group) is 1. The predicted molar refractivity (Wildman–Crippen MR) is 150 cm³/mol. The van der Waals surface area contributed by atoms with Crippen molar-refractivity contribution in [3.05, 3.63) is 91.8 Å². The number of carboxylic acid groups (broad SMARTS) is 1. The molecule has 190 valence electrons. The Morgan fingerprint density at radius 1 is 1.19 bits per heavy atom. The number of carbonyl (C=O) groups excluding carboxylic acids is 1. The Hall–Kier alpha value is -3.27. The number of amidine groups is 1. The summed E-state index contributed by atoms with van der Waals surface area (Å²) in [7, 11) is 1.55. The number of carboxylic acids is 1. The smallest absolute Gasteiger partial charge is 0.335 e. The third-order valence-electron chi connectivity index (χ3n) is 5.40. The van der Waals surface area contributed by atoms with Gasteiger partial charge in [0.25, 0.3) is 5.91 Å². The number of amides is 1. The molecule has 0 atom stereocenters. The summed E-state index contributed by atoms with van der Waals surface area (Å²) >= 11 is 11.0. The van der Waals surface area contributed by atoms with Gasteiger partial charge in [0.05, 0.1) is 27.7 Å². The Labute approximate surface area is 231 Å². The molecule has 1 N–H and O–H groups in total. The number of aliphatic imine (C=N–C) groups is 1. The molecule has 0 aliphatic carbocycles. The summed E-state index contributed by atoms with van der Waals surface area (Å²) in [5.41, 5.74) is 2.16. The number of ether oxygens (including phenoxy) is 2. The highest BCUT2D eigenvalue weighted by Gasteiger charge is 2.32. The van der Waals surface area contributed by atoms with Gasteiger partial charge in [-0.3, -0.25) is 9.69 Å². The van der Waals surface area contributed by atoms with E-state index in [4.69, 9.17) is 21.1 Å². The topological polar surface area (TPSA) is 88.4 Å². The molecule has 37 heavy (non-hydrogen) atoms. The van der Waals surface area contributed by atoms with E-state index in [1.165, 1.54) is 23.9 Å². The van der Waals surface area contributed by atoms with Gasteiger partial charge in [0.1, 0.15) is 6.61 Å². The number of thioether (sulfide) groups is 1. The van der Waals surface area contributed by atoms with Crippen LogP contribution in [0.5, 0.6) is 11.5 Å². The van der Waals surface area contributed by atoms with E-state index in [2.05, 4.69) is 20.9 Å². The van der Waals surface area contributed by atoms with Crippen molar-refractivity contribution in [2.45, 2.75) is 13.5 Å². The normalized spacial score (nSPS) is 15.5. The molecule has 0 unspecified atom stereocenters. The van der Waals surface area contributed by atoms with E-state index in [-0.39, 0.29) is 18.1 Å². The maximum Gasteiger partial charge on any atom is 0.335 e. The van der Waals surface area contributed by atoms with Gasteiger partial charge < -0.3 is 14.6 Å². The van der Waals surface area contributed by atoms with E-state index in [9.17, 15) is 14.7 Å². The van der Waals surface area contributed by atoms with Crippen LogP contribution in [0.2, 0.25) is 5.02 Å². The lowest BCUT2D eigenvalue weighted by Crippen LogP contribution is -2.28. The molecule has 1 heterocycles. The van der Waals surface area contributed by atoms with Crippen molar-refractivity contribution in [1.29, 1.82) is 0 Å². The number of nitrogens with zero attached hydrogens (tertiary/aromatic N) is 2. The lowest BCUT2D eigenvalue weighted by atomic mass is 10.1. The van der Waals surface area contributed by atoms with E-state index in [1.807, 2.05) is 31.2 Å². The van der Waals surface area contributed by atoms with Crippen molar-refractivity contribution in [3.8, 4) is 11.5 Å². The Morgan fingerprint density at radius 3 is 2.68 bits per heavy atom. The minimum absolute atomic E-state index is 0.128. The van der Waals surface area contributed by atoms with Gasteiger partial charge in [0.2, 0.25) is 0 Å². The standard InChI is InChI=1S/C27H22BrClN2O5S/c1-3-31-25(32)23(37-27(31)30-19-9-6-8-17(14-19)26(33)34)13-16-11-20(28)24(22(12-16)35-2)36-15-18-7-4-5-10-21(18)29/h4-14H,3,15H2,1-2H3,(H,33,34). The molecule has 1 aliphatic rings. The fourth-order valence-corrected chi connectivity index (χ4v) is 5.40. The van der Waals surface area contributed by atoms with Crippen molar-refractivity contribution in [2.24, 2.45) is 4.99 Å². The zero-order valence-electron chi connectivity index (χ0n) is 19.9. The Morgan fingerprint density at radius 2 is 1.97 bits per heavy atom. The zero-order chi connectivity index (χ0) is 26.5. The molecule has 10 heteroatoms. The van der Waals surface area contributed by atoms with Crippen molar-refractivity contribution in [1.82, 2.24) is 4.90 Å². The molecule has 3 aromatic rings. The second-order valence-corrected chi connectivity index (χ2v) is 10.1. The van der Waals surface area contributed by atoms with Gasteiger partial charge in [-0.05, 0) is 82.7 Å². The van der Waals surface area contributed by atoms with Crippen molar-refractivity contribution in [3.63, 3.8) is 0 Å². The summed E-state index contributed by atoms with van der Waals surface area (Å²) in [6, 6.07) is 17.4. The number of hydrogen-bond acceptors (Lipinski definition) is 6. The van der Waals surface area contributed by atoms with Crippen LogP contribution >= 0.6 is 39.3 Å². The highest BCUT2D eigenvalue weighted by Crippen LogP contribution is 2.40. The largest absolute Gasteiger partial charge is 0.493 e. The second-order valence-electron chi connectivity index (χ2n) is 7.82. The summed E-state index contributed by atoms with van der Waals surface area (Å²) in [6.45, 7) is 2.54. The van der Waals surface area contributed by atoms with Gasteiger partial charge in [0, 0.05) is 17.1 Å². The van der Waals surface area contributed by atoms with Crippen LogP contribution in [0.15, 0.2) is 75.0 Å². The first kappa shape index (κ1) is 26.8. The molecule has 0 saturated carbocycles. The molecule has 1 aliphatic heterocycles. The van der Waals surface area contributed by atoms with Crippen LogP contribution in [-0.2, 0) is 11.4 Å². The average Bonchev–Trinajstić information content (AvgIpc) is 3.17. The van der Waals surface area contributed by atoms with Crippen LogP contribution in [0.25, 0.3) is 6.08 Å². The molecule has 1 fully saturated rings. The van der Waals surface area contributed by atoms with Gasteiger partial charge in [0.15, 0.2) is 16.7 Å². The predicted octanol–water partition coefficient (Wildman–Crippen LogP) is 7.01. The van der Waals surface area contributed by atoms with Gasteiger partial charge in [-0.15, -0.1) is 0 Å². The molecule has 1 saturated heterocycles. The highest BCUT2D eigenvalue weighted by molar-refractivity contribution is 9.10. The third kappa shape index (κ3) is 6.18. The molecule has 7 nitrogen and oxygen atoms in total. The van der Waals surface area contributed by atoms with Gasteiger partial charge >= 0.3 is 5.97 Å². The molecular weight excluding hydrogens is 580 g/mol. The number of hydrogen-bond donors (Lipinski definition) is 1. The molecule has 3 aromatic carbocycles. The number of carbonyl (C=O) groups is 2. The van der Waals surface area contributed by atoms with E-state index >= 15 is 0 Å². The lowest BCUT2D eigenvalue weighted by Gasteiger charge is -2.14. The summed E-state index contributed by atoms with van der Waals surface area (Å²) in [6.07, 6.45) is 1.76. The van der Waals surface area contributed by atoms with Gasteiger partial charge in [-0.1, -0.05) is 35.9 Å². The molecule has 0 spiro atoms. The number of benzene rings is 3. The number of rotatable bonds is 8. The quantitative estimate of drug-likeness (QED) is 0.279. The molecular formula is C27H22BrClN2O5S. The van der Waals surface area contributed by atoms with Crippen molar-refractivity contribution < 1.29 is 24.2 Å². The fourth-order valence-electron chi connectivity index (χ4n) is 3.57. The van der Waals surface area contributed by atoms with Gasteiger partial charge in [-0.2, -0.15) is 0 Å². The van der Waals surface area contributed by atoms with Crippen LogP contribution in [0.1, 0.15) is 28.4 Å². The van der Waals surface area contributed by atoms with Crippen molar-refractivity contribution >= 4 is 68.1 Å². The monoisotopic (exact) mass is 600 g/mol. The molecule has 0 radical (unpaired) electrons. The molecule has 0 aromatic heterocycles. The van der Waals surface area contributed by atoms with Crippen LogP contribution in [0.4, 0.5) is 5.69 Å². The Kier molecular flexibility index (Phi) is 8.58. The summed E-state index contributed by atoms with van der Waals surface area (Å²) in [5, 5.41) is 10.3. The SMILES string of the molecule is CCN1C(=O)C(=Cc2cc(Br)c(OCc3ccccc3Cl)c(OC)c2)SC1=Nc1cccc(C(=O)O)c1. The molecule has 0 bridgehead atoms. The first-order valence-electron chi connectivity index (χ1n) is 11.2. The Bertz CT molecular complexity index is 1430. The first-order chi connectivity index (χ1) is 17.8. The number of aromatic carboxylic acids is 1. The lowest BCUT2D eigenvalue weighted by molar-refractivity contribution is -0.122. The highest BCUT2D eigenvalue weighted by atomic mass is 79.9. The zero-order valence-corrected chi connectivity index (χ0v) is 23.1. The minimum atomic E-state index is -1.04. The maximum atomic E-state index is 13.1. The van der Waals surface area contributed by atoms with E-state index in [0.717, 1.165) is 11.1 Å². The second kappa shape index (κ2) is 11.9. The minimum Gasteiger partial charge on any atom is -0.493 e. The van der Waals surface area contributed by atoms with Crippen LogP contribution in [-0.4, -0.2) is 40.7 Å². The van der Waals surface area contributed by atoms with Crippen LogP contribution < -0.4 is 9.47 Å². The van der Waals surface area contributed by atoms with Gasteiger partial charge in [-0.25, -0.2) is 9.79 Å². The first-order valence-corrected chi connectivity index (χ1v) is 13.2. The molecule has 1 amide bonds. The summed E-state index contributed by atoms with van der Waals surface area (Å²) < 4.78 is 12.2. The fraction of sp³-hybridized carbons (Fsp3) is 0.148. The van der Waals surface area contributed by atoms with Crippen molar-refractivity contribution in [2.75, 3.05) is 13.7 Å².